The summed E-state index contributed by atoms with van der Waals surface area (Å²) in [7, 11) is -3.41. The Balaban J connectivity index is 1.88. The highest BCUT2D eigenvalue weighted by Crippen LogP contribution is 2.21. The zero-order valence-corrected chi connectivity index (χ0v) is 14.2. The second-order valence-corrected chi connectivity index (χ2v) is 8.25. The minimum Gasteiger partial charge on any atom is -0.360 e. The monoisotopic (exact) mass is 343 g/mol. The number of aromatic nitrogens is 1. The number of likely N-dealkylation sites (tertiary alicyclic amines) is 1. The molecule has 9 heteroatoms. The van der Waals surface area contributed by atoms with Crippen molar-refractivity contribution in [1.29, 1.82) is 0 Å². The molecule has 128 valence electrons. The average molecular weight is 343 g/mol. The SMILES string of the molecule is Cc1cc(NC(=O)C2CCN(C(=O)C(C)S(C)(=O)=O)CC2)no1. The molecule has 0 spiro atoms. The molecule has 0 aromatic carbocycles. The van der Waals surface area contributed by atoms with Crippen LogP contribution in [0.15, 0.2) is 10.6 Å². The molecule has 8 nitrogen and oxygen atoms in total. The quantitative estimate of drug-likeness (QED) is 0.857. The first-order valence-electron chi connectivity index (χ1n) is 7.40. The molecule has 0 bridgehead atoms. The second-order valence-electron chi connectivity index (χ2n) is 5.88. The first-order valence-corrected chi connectivity index (χ1v) is 9.36. The molecule has 1 fully saturated rings. The lowest BCUT2D eigenvalue weighted by Gasteiger charge is -2.32. The lowest BCUT2D eigenvalue weighted by molar-refractivity contribution is -0.133. The van der Waals surface area contributed by atoms with E-state index < -0.39 is 21.0 Å². The number of hydrogen-bond donors (Lipinski definition) is 1. The number of nitrogens with zero attached hydrogens (tertiary/aromatic N) is 2. The second kappa shape index (κ2) is 6.69. The number of aryl methyl sites for hydroxylation is 1. The number of nitrogens with one attached hydrogen (secondary N) is 1. The van der Waals surface area contributed by atoms with Crippen molar-refractivity contribution < 1.29 is 22.5 Å². The van der Waals surface area contributed by atoms with Gasteiger partial charge in [0, 0.05) is 31.3 Å². The molecule has 0 radical (unpaired) electrons. The molecule has 1 aliphatic rings. The summed E-state index contributed by atoms with van der Waals surface area (Å²) in [6, 6.07) is 1.63. The normalized spacial score (nSPS) is 17.8. The number of hydrogen-bond acceptors (Lipinski definition) is 6. The maximum Gasteiger partial charge on any atom is 0.240 e. The zero-order valence-electron chi connectivity index (χ0n) is 13.4. The predicted molar refractivity (Wildman–Crippen MR) is 83.5 cm³/mol. The smallest absolute Gasteiger partial charge is 0.240 e. The maximum absolute atomic E-state index is 12.2. The van der Waals surface area contributed by atoms with E-state index in [1.807, 2.05) is 0 Å². The summed E-state index contributed by atoms with van der Waals surface area (Å²) >= 11 is 0. The molecule has 23 heavy (non-hydrogen) atoms. The van der Waals surface area contributed by atoms with Gasteiger partial charge in [-0.2, -0.15) is 0 Å². The summed E-state index contributed by atoms with van der Waals surface area (Å²) in [5.41, 5.74) is 0. The molecule has 0 saturated carbocycles. The number of carbonyl (C=O) groups is 2. The van der Waals surface area contributed by atoms with Crippen LogP contribution in [0, 0.1) is 12.8 Å². The van der Waals surface area contributed by atoms with Crippen LogP contribution in [0.3, 0.4) is 0 Å². The Morgan fingerprint density at radius 2 is 2.00 bits per heavy atom. The van der Waals surface area contributed by atoms with E-state index >= 15 is 0 Å². The van der Waals surface area contributed by atoms with Gasteiger partial charge in [-0.15, -0.1) is 0 Å². The fraction of sp³-hybridized carbons (Fsp3) is 0.643. The molecule has 2 rings (SSSR count). The van der Waals surface area contributed by atoms with Crippen molar-refractivity contribution in [1.82, 2.24) is 10.1 Å². The number of amides is 2. The third kappa shape index (κ3) is 4.31. The Kier molecular flexibility index (Phi) is 5.08. The summed E-state index contributed by atoms with van der Waals surface area (Å²) in [6.07, 6.45) is 2.03. The van der Waals surface area contributed by atoms with Crippen molar-refractivity contribution in [3.05, 3.63) is 11.8 Å². The minimum absolute atomic E-state index is 0.165. The predicted octanol–water partition coefficient (Wildman–Crippen LogP) is 0.593. The van der Waals surface area contributed by atoms with Crippen molar-refractivity contribution in [3.63, 3.8) is 0 Å². The van der Waals surface area contributed by atoms with E-state index in [0.717, 1.165) is 6.26 Å². The van der Waals surface area contributed by atoms with Gasteiger partial charge in [-0.05, 0) is 26.7 Å². The third-order valence-corrected chi connectivity index (χ3v) is 5.53. The fourth-order valence-electron chi connectivity index (χ4n) is 2.46. The topological polar surface area (TPSA) is 110 Å². The van der Waals surface area contributed by atoms with Gasteiger partial charge in [-0.1, -0.05) is 5.16 Å². The van der Waals surface area contributed by atoms with Gasteiger partial charge in [0.1, 0.15) is 11.0 Å². The molecule has 1 unspecified atom stereocenters. The Bertz CT molecular complexity index is 689. The van der Waals surface area contributed by atoms with Crippen molar-refractivity contribution in [2.45, 2.75) is 31.9 Å². The molecule has 1 aliphatic heterocycles. The highest BCUT2D eigenvalue weighted by Gasteiger charge is 2.32. The van der Waals surface area contributed by atoms with Crippen molar-refractivity contribution in [2.24, 2.45) is 5.92 Å². The van der Waals surface area contributed by atoms with Gasteiger partial charge in [0.25, 0.3) is 0 Å². The van der Waals surface area contributed by atoms with Crippen LogP contribution in [0.25, 0.3) is 0 Å². The number of sulfone groups is 1. The minimum atomic E-state index is -3.41. The summed E-state index contributed by atoms with van der Waals surface area (Å²) < 4.78 is 27.8. The van der Waals surface area contributed by atoms with Crippen LogP contribution in [-0.4, -0.2) is 54.9 Å². The lowest BCUT2D eigenvalue weighted by atomic mass is 9.95. The van der Waals surface area contributed by atoms with Crippen molar-refractivity contribution in [2.75, 3.05) is 24.7 Å². The molecule has 2 heterocycles. The van der Waals surface area contributed by atoms with Gasteiger partial charge in [0.15, 0.2) is 15.7 Å². The van der Waals surface area contributed by atoms with Gasteiger partial charge in [0.05, 0.1) is 0 Å². The highest BCUT2D eigenvalue weighted by molar-refractivity contribution is 7.92. The van der Waals surface area contributed by atoms with Crippen LogP contribution in [-0.2, 0) is 19.4 Å². The summed E-state index contributed by atoms with van der Waals surface area (Å²) in [4.78, 5) is 25.8. The van der Waals surface area contributed by atoms with Gasteiger partial charge in [-0.25, -0.2) is 8.42 Å². The van der Waals surface area contributed by atoms with E-state index in [1.54, 1.807) is 13.0 Å². The molecular weight excluding hydrogens is 322 g/mol. The van der Waals surface area contributed by atoms with E-state index in [9.17, 15) is 18.0 Å². The average Bonchev–Trinajstić information content (AvgIpc) is 2.90. The zero-order chi connectivity index (χ0) is 17.2. The van der Waals surface area contributed by atoms with Gasteiger partial charge in [0.2, 0.25) is 11.8 Å². The molecule has 2 amide bonds. The maximum atomic E-state index is 12.2. The molecule has 1 N–H and O–H groups in total. The Morgan fingerprint density at radius 3 is 2.48 bits per heavy atom. The molecule has 1 aromatic rings. The fourth-order valence-corrected chi connectivity index (χ4v) is 2.97. The van der Waals surface area contributed by atoms with Crippen LogP contribution in [0.4, 0.5) is 5.82 Å². The molecule has 1 atom stereocenters. The molecule has 1 saturated heterocycles. The number of carbonyl (C=O) groups excluding carboxylic acids is 2. The third-order valence-electron chi connectivity index (χ3n) is 4.05. The lowest BCUT2D eigenvalue weighted by Crippen LogP contribution is -2.46. The standard InChI is InChI=1S/C14H21N3O5S/c1-9-8-12(16-22-9)15-13(18)11-4-6-17(7-5-11)14(19)10(2)23(3,20)21/h8,10-11H,4-7H2,1-3H3,(H,15,16,18). The van der Waals surface area contributed by atoms with Crippen LogP contribution in [0.5, 0.6) is 0 Å². The van der Waals surface area contributed by atoms with Crippen LogP contribution in [0.1, 0.15) is 25.5 Å². The Hall–Kier alpha value is -1.90. The number of rotatable bonds is 4. The van der Waals surface area contributed by atoms with Crippen LogP contribution < -0.4 is 5.32 Å². The van der Waals surface area contributed by atoms with Crippen LogP contribution >= 0.6 is 0 Å². The van der Waals surface area contributed by atoms with E-state index in [2.05, 4.69) is 10.5 Å². The summed E-state index contributed by atoms with van der Waals surface area (Å²) in [5.74, 6) is 0.178. The largest absolute Gasteiger partial charge is 0.360 e. The van der Waals surface area contributed by atoms with Crippen molar-refractivity contribution >= 4 is 27.5 Å². The van der Waals surface area contributed by atoms with Crippen molar-refractivity contribution in [3.8, 4) is 0 Å². The molecule has 1 aromatic heterocycles. The summed E-state index contributed by atoms with van der Waals surface area (Å²) in [6.45, 7) is 3.86. The van der Waals surface area contributed by atoms with Crippen LogP contribution in [0.2, 0.25) is 0 Å². The van der Waals surface area contributed by atoms with Gasteiger partial charge >= 0.3 is 0 Å². The van der Waals surface area contributed by atoms with E-state index in [-0.39, 0.29) is 11.8 Å². The van der Waals surface area contributed by atoms with Gasteiger partial charge in [-0.3, -0.25) is 9.59 Å². The van der Waals surface area contributed by atoms with E-state index in [1.165, 1.54) is 11.8 Å². The van der Waals surface area contributed by atoms with Gasteiger partial charge < -0.3 is 14.7 Å². The Morgan fingerprint density at radius 1 is 1.39 bits per heavy atom. The molecule has 0 aliphatic carbocycles. The first kappa shape index (κ1) is 17.5. The summed E-state index contributed by atoms with van der Waals surface area (Å²) in [5, 5.41) is 5.34. The molecular formula is C14H21N3O5S. The highest BCUT2D eigenvalue weighted by atomic mass is 32.2. The first-order chi connectivity index (χ1) is 10.7. The Labute approximate surface area is 135 Å². The number of piperidine rings is 1. The number of anilines is 1. The van der Waals surface area contributed by atoms with E-state index in [4.69, 9.17) is 4.52 Å². The van der Waals surface area contributed by atoms with E-state index in [0.29, 0.717) is 37.5 Å².